The molecule has 2 aliphatic rings. The van der Waals surface area contributed by atoms with E-state index in [0.29, 0.717) is 0 Å². The molecular weight excluding hydrogens is 298 g/mol. The summed E-state index contributed by atoms with van der Waals surface area (Å²) < 4.78 is 0. The predicted octanol–water partition coefficient (Wildman–Crippen LogP) is 2.99. The lowest BCUT2D eigenvalue weighted by Gasteiger charge is -2.36. The SMILES string of the molecule is O=C(N1CCN(Cc2ccccc2)CC1)N1CCc2ccccc21. The van der Waals surface area contributed by atoms with Crippen LogP contribution in [0.1, 0.15) is 11.1 Å². The molecule has 2 aromatic carbocycles. The van der Waals surface area contributed by atoms with E-state index in [0.717, 1.165) is 51.4 Å². The van der Waals surface area contributed by atoms with Gasteiger partial charge < -0.3 is 4.90 Å². The normalized spacial score (nSPS) is 17.8. The van der Waals surface area contributed by atoms with Crippen LogP contribution in [-0.4, -0.2) is 48.6 Å². The fourth-order valence-electron chi connectivity index (χ4n) is 3.65. The van der Waals surface area contributed by atoms with Gasteiger partial charge in [-0.2, -0.15) is 0 Å². The summed E-state index contributed by atoms with van der Waals surface area (Å²) in [5.74, 6) is 0. The lowest BCUT2D eigenvalue weighted by molar-refractivity contribution is 0.139. The van der Waals surface area contributed by atoms with Crippen molar-refractivity contribution in [3.8, 4) is 0 Å². The Morgan fingerprint density at radius 1 is 0.833 bits per heavy atom. The first kappa shape index (κ1) is 15.2. The third kappa shape index (κ3) is 3.02. The van der Waals surface area contributed by atoms with Crippen LogP contribution in [0, 0.1) is 0 Å². The Balaban J connectivity index is 1.35. The van der Waals surface area contributed by atoms with Crippen LogP contribution in [0.2, 0.25) is 0 Å². The van der Waals surface area contributed by atoms with Crippen LogP contribution >= 0.6 is 0 Å². The summed E-state index contributed by atoms with van der Waals surface area (Å²) in [5, 5.41) is 0. The van der Waals surface area contributed by atoms with E-state index in [1.807, 2.05) is 21.9 Å². The largest absolute Gasteiger partial charge is 0.324 e. The van der Waals surface area contributed by atoms with Crippen molar-refractivity contribution in [3.05, 3.63) is 65.7 Å². The van der Waals surface area contributed by atoms with E-state index < -0.39 is 0 Å². The summed E-state index contributed by atoms with van der Waals surface area (Å²) in [6.45, 7) is 5.28. The summed E-state index contributed by atoms with van der Waals surface area (Å²) in [6, 6.07) is 19.0. The number of fused-ring (bicyclic) bond motifs is 1. The number of para-hydroxylation sites is 1. The van der Waals surface area contributed by atoms with Gasteiger partial charge in [-0.15, -0.1) is 0 Å². The minimum absolute atomic E-state index is 0.166. The quantitative estimate of drug-likeness (QED) is 0.850. The predicted molar refractivity (Wildman–Crippen MR) is 96.2 cm³/mol. The molecule has 2 aromatic rings. The van der Waals surface area contributed by atoms with Gasteiger partial charge in [0.1, 0.15) is 0 Å². The van der Waals surface area contributed by atoms with Crippen LogP contribution in [-0.2, 0) is 13.0 Å². The number of anilines is 1. The van der Waals surface area contributed by atoms with E-state index in [2.05, 4.69) is 47.4 Å². The van der Waals surface area contributed by atoms with Gasteiger partial charge in [0.05, 0.1) is 0 Å². The number of amides is 2. The summed E-state index contributed by atoms with van der Waals surface area (Å²) >= 11 is 0. The van der Waals surface area contributed by atoms with Crippen LogP contribution in [0.15, 0.2) is 54.6 Å². The number of urea groups is 1. The van der Waals surface area contributed by atoms with Crippen molar-refractivity contribution in [1.29, 1.82) is 0 Å². The van der Waals surface area contributed by atoms with Crippen molar-refractivity contribution in [3.63, 3.8) is 0 Å². The van der Waals surface area contributed by atoms with E-state index in [1.54, 1.807) is 0 Å². The third-order valence-electron chi connectivity index (χ3n) is 5.01. The zero-order valence-electron chi connectivity index (χ0n) is 13.9. The fraction of sp³-hybridized carbons (Fsp3) is 0.350. The highest BCUT2D eigenvalue weighted by Gasteiger charge is 2.29. The Morgan fingerprint density at radius 2 is 1.54 bits per heavy atom. The number of benzene rings is 2. The molecule has 124 valence electrons. The number of carbonyl (C=O) groups excluding carboxylic acids is 1. The zero-order chi connectivity index (χ0) is 16.4. The number of hydrogen-bond acceptors (Lipinski definition) is 2. The first-order valence-electron chi connectivity index (χ1n) is 8.72. The summed E-state index contributed by atoms with van der Waals surface area (Å²) in [6.07, 6.45) is 0.968. The maximum atomic E-state index is 12.9. The molecule has 1 saturated heterocycles. The molecule has 2 aliphatic heterocycles. The van der Waals surface area contributed by atoms with Gasteiger partial charge in [-0.25, -0.2) is 4.79 Å². The molecule has 0 saturated carbocycles. The summed E-state index contributed by atoms with van der Waals surface area (Å²) in [5.41, 5.74) is 3.72. The second-order valence-electron chi connectivity index (χ2n) is 6.56. The summed E-state index contributed by atoms with van der Waals surface area (Å²) in [4.78, 5) is 19.2. The first-order valence-corrected chi connectivity index (χ1v) is 8.72. The van der Waals surface area contributed by atoms with Gasteiger partial charge in [-0.3, -0.25) is 9.80 Å². The van der Waals surface area contributed by atoms with Crippen molar-refractivity contribution >= 4 is 11.7 Å². The van der Waals surface area contributed by atoms with Gasteiger partial charge in [0.25, 0.3) is 0 Å². The van der Waals surface area contributed by atoms with Crippen LogP contribution in [0.5, 0.6) is 0 Å². The Morgan fingerprint density at radius 3 is 2.33 bits per heavy atom. The van der Waals surface area contributed by atoms with Crippen molar-refractivity contribution in [2.45, 2.75) is 13.0 Å². The Hall–Kier alpha value is -2.33. The number of hydrogen-bond donors (Lipinski definition) is 0. The average molecular weight is 321 g/mol. The van der Waals surface area contributed by atoms with Crippen molar-refractivity contribution in [2.24, 2.45) is 0 Å². The monoisotopic (exact) mass is 321 g/mol. The molecular formula is C20H23N3O. The van der Waals surface area contributed by atoms with Gasteiger partial charge in [-0.1, -0.05) is 48.5 Å². The van der Waals surface area contributed by atoms with Crippen molar-refractivity contribution in [2.75, 3.05) is 37.6 Å². The van der Waals surface area contributed by atoms with Gasteiger partial charge in [0.2, 0.25) is 0 Å². The van der Waals surface area contributed by atoms with Gasteiger partial charge >= 0.3 is 6.03 Å². The second kappa shape index (κ2) is 6.65. The number of piperazine rings is 1. The third-order valence-corrected chi connectivity index (χ3v) is 5.01. The van der Waals surface area contributed by atoms with Gasteiger partial charge in [-0.05, 0) is 23.6 Å². The molecule has 2 heterocycles. The Bertz CT molecular complexity index is 708. The second-order valence-corrected chi connectivity index (χ2v) is 6.56. The van der Waals surface area contributed by atoms with Gasteiger partial charge in [0, 0.05) is 45.0 Å². The van der Waals surface area contributed by atoms with Crippen molar-refractivity contribution < 1.29 is 4.79 Å². The van der Waals surface area contributed by atoms with Crippen LogP contribution in [0.4, 0.5) is 10.5 Å². The maximum absolute atomic E-state index is 12.9. The minimum atomic E-state index is 0.166. The summed E-state index contributed by atoms with van der Waals surface area (Å²) in [7, 11) is 0. The lowest BCUT2D eigenvalue weighted by Crippen LogP contribution is -2.52. The average Bonchev–Trinajstić information content (AvgIpc) is 3.07. The van der Waals surface area contributed by atoms with E-state index >= 15 is 0 Å². The zero-order valence-corrected chi connectivity index (χ0v) is 13.9. The highest BCUT2D eigenvalue weighted by Crippen LogP contribution is 2.28. The molecule has 0 aliphatic carbocycles. The molecule has 0 spiro atoms. The van der Waals surface area contributed by atoms with E-state index in [4.69, 9.17) is 0 Å². The number of carbonyl (C=O) groups is 1. The smallest absolute Gasteiger partial charge is 0.322 e. The maximum Gasteiger partial charge on any atom is 0.324 e. The molecule has 2 amide bonds. The van der Waals surface area contributed by atoms with Crippen LogP contribution in [0.3, 0.4) is 0 Å². The number of nitrogens with zero attached hydrogens (tertiary/aromatic N) is 3. The highest BCUT2D eigenvalue weighted by molar-refractivity contribution is 5.94. The fourth-order valence-corrected chi connectivity index (χ4v) is 3.65. The molecule has 0 aromatic heterocycles. The van der Waals surface area contributed by atoms with E-state index in [9.17, 15) is 4.79 Å². The molecule has 0 unspecified atom stereocenters. The molecule has 0 atom stereocenters. The molecule has 4 nitrogen and oxygen atoms in total. The first-order chi connectivity index (χ1) is 11.8. The Labute approximate surface area is 143 Å². The molecule has 0 N–H and O–H groups in total. The topological polar surface area (TPSA) is 26.8 Å². The molecule has 4 rings (SSSR count). The Kier molecular flexibility index (Phi) is 4.22. The molecule has 4 heteroatoms. The van der Waals surface area contributed by atoms with Crippen LogP contribution < -0.4 is 4.90 Å². The number of rotatable bonds is 2. The minimum Gasteiger partial charge on any atom is -0.322 e. The van der Waals surface area contributed by atoms with Crippen LogP contribution in [0.25, 0.3) is 0 Å². The highest BCUT2D eigenvalue weighted by atomic mass is 16.2. The van der Waals surface area contributed by atoms with Crippen molar-refractivity contribution in [1.82, 2.24) is 9.80 Å². The van der Waals surface area contributed by atoms with Gasteiger partial charge in [0.15, 0.2) is 0 Å². The lowest BCUT2D eigenvalue weighted by atomic mass is 10.2. The molecule has 24 heavy (non-hydrogen) atoms. The molecule has 1 fully saturated rings. The molecule has 0 bridgehead atoms. The standard InChI is InChI=1S/C20H23N3O/c24-20(23-11-10-18-8-4-5-9-19(18)23)22-14-12-21(13-15-22)16-17-6-2-1-3-7-17/h1-9H,10-16H2. The van der Waals surface area contributed by atoms with E-state index in [-0.39, 0.29) is 6.03 Å². The van der Waals surface area contributed by atoms with E-state index in [1.165, 1.54) is 11.1 Å². The molecule has 0 radical (unpaired) electrons.